The molecular formula is C11H16FNO5. The number of ether oxygens (including phenoxy) is 2. The van der Waals surface area contributed by atoms with Gasteiger partial charge in [-0.15, -0.1) is 0 Å². The van der Waals surface area contributed by atoms with E-state index in [2.05, 4.69) is 6.58 Å². The maximum Gasteiger partial charge on any atom is 0.413 e. The molecule has 1 aliphatic rings. The topological polar surface area (TPSA) is 76.1 Å². The number of aliphatic carboxylic acids is 1. The van der Waals surface area contributed by atoms with Crippen LogP contribution in [0.4, 0.5) is 9.18 Å². The molecule has 0 aromatic carbocycles. The molecule has 1 N–H and O–H groups in total. The van der Waals surface area contributed by atoms with E-state index < -0.39 is 30.5 Å². The molecule has 7 heteroatoms. The van der Waals surface area contributed by atoms with E-state index >= 15 is 0 Å². The Labute approximate surface area is 104 Å². The number of carbonyl (C=O) groups is 2. The van der Waals surface area contributed by atoms with Gasteiger partial charge in [0.05, 0.1) is 0 Å². The van der Waals surface area contributed by atoms with Crippen LogP contribution in [0.5, 0.6) is 0 Å². The van der Waals surface area contributed by atoms with Crippen LogP contribution < -0.4 is 0 Å². The molecule has 3 atom stereocenters. The first-order chi connectivity index (χ1) is 8.52. The molecular weight excluding hydrogens is 245 g/mol. The molecule has 102 valence electrons. The summed E-state index contributed by atoms with van der Waals surface area (Å²) in [6.07, 6.45) is -2.19. The highest BCUT2D eigenvalue weighted by molar-refractivity contribution is 5.80. The minimum atomic E-state index is -1.43. The quantitative estimate of drug-likeness (QED) is 0.769. The van der Waals surface area contributed by atoms with Gasteiger partial charge in [-0.1, -0.05) is 12.7 Å². The third kappa shape index (κ3) is 2.98. The van der Waals surface area contributed by atoms with Crippen molar-refractivity contribution in [3.8, 4) is 0 Å². The summed E-state index contributed by atoms with van der Waals surface area (Å²) in [4.78, 5) is 23.6. The zero-order valence-corrected chi connectivity index (χ0v) is 10.0. The summed E-state index contributed by atoms with van der Waals surface area (Å²) in [7, 11) is 1.22. The van der Waals surface area contributed by atoms with E-state index in [4.69, 9.17) is 14.6 Å². The monoisotopic (exact) mass is 261 g/mol. The highest BCUT2D eigenvalue weighted by Gasteiger charge is 2.44. The first kappa shape index (κ1) is 14.4. The average Bonchev–Trinajstić information content (AvgIpc) is 2.34. The molecule has 0 aliphatic carbocycles. The molecule has 0 radical (unpaired) electrons. The highest BCUT2D eigenvalue weighted by atomic mass is 19.1. The fourth-order valence-corrected chi connectivity index (χ4v) is 1.89. The summed E-state index contributed by atoms with van der Waals surface area (Å²) < 4.78 is 23.2. The number of hydrogen-bond donors (Lipinski definition) is 1. The number of amides is 1. The van der Waals surface area contributed by atoms with Crippen molar-refractivity contribution in [2.75, 3.05) is 13.7 Å². The van der Waals surface area contributed by atoms with Crippen molar-refractivity contribution in [2.24, 2.45) is 0 Å². The lowest BCUT2D eigenvalue weighted by molar-refractivity contribution is -0.158. The SMILES string of the molecule is C=CCOC(=O)N1C(C(=O)O)CCC(F)C1OC. The summed E-state index contributed by atoms with van der Waals surface area (Å²) in [5.41, 5.74) is 0. The predicted octanol–water partition coefficient (Wildman–Crippen LogP) is 1.17. The number of rotatable bonds is 4. The number of carboxylic acid groups (broad SMARTS) is 1. The first-order valence-corrected chi connectivity index (χ1v) is 5.48. The van der Waals surface area contributed by atoms with Gasteiger partial charge in [-0.05, 0) is 12.8 Å². The molecule has 1 heterocycles. The van der Waals surface area contributed by atoms with E-state index in [1.54, 1.807) is 0 Å². The molecule has 1 saturated heterocycles. The number of piperidine rings is 1. The van der Waals surface area contributed by atoms with Crippen LogP contribution in [0.15, 0.2) is 12.7 Å². The van der Waals surface area contributed by atoms with Crippen LogP contribution in [0.25, 0.3) is 0 Å². The normalized spacial score (nSPS) is 27.7. The van der Waals surface area contributed by atoms with Gasteiger partial charge in [0.25, 0.3) is 0 Å². The van der Waals surface area contributed by atoms with Crippen LogP contribution in [-0.4, -0.2) is 54.2 Å². The summed E-state index contributed by atoms with van der Waals surface area (Å²) in [5.74, 6) is -1.21. The Kier molecular flexibility index (Phi) is 5.08. The molecule has 1 fully saturated rings. The third-order valence-electron chi connectivity index (χ3n) is 2.70. The van der Waals surface area contributed by atoms with Crippen LogP contribution >= 0.6 is 0 Å². The Morgan fingerprint density at radius 3 is 2.72 bits per heavy atom. The molecule has 0 aromatic rings. The lowest BCUT2D eigenvalue weighted by Crippen LogP contribution is -2.58. The van der Waals surface area contributed by atoms with Crippen molar-refractivity contribution < 1.29 is 28.6 Å². The number of carbonyl (C=O) groups excluding carboxylic acids is 1. The first-order valence-electron chi connectivity index (χ1n) is 5.48. The Balaban J connectivity index is 2.89. The van der Waals surface area contributed by atoms with Gasteiger partial charge in [0.15, 0.2) is 6.23 Å². The Hall–Kier alpha value is -1.63. The highest BCUT2D eigenvalue weighted by Crippen LogP contribution is 2.27. The zero-order valence-electron chi connectivity index (χ0n) is 10.0. The number of likely N-dealkylation sites (tertiary alicyclic amines) is 1. The number of carboxylic acids is 1. The van der Waals surface area contributed by atoms with Gasteiger partial charge >= 0.3 is 12.1 Å². The third-order valence-corrected chi connectivity index (χ3v) is 2.70. The number of hydrogen-bond acceptors (Lipinski definition) is 4. The fourth-order valence-electron chi connectivity index (χ4n) is 1.89. The van der Waals surface area contributed by atoms with E-state index in [0.717, 1.165) is 4.90 Å². The van der Waals surface area contributed by atoms with Crippen molar-refractivity contribution >= 4 is 12.1 Å². The van der Waals surface area contributed by atoms with Gasteiger partial charge < -0.3 is 14.6 Å². The summed E-state index contributed by atoms with van der Waals surface area (Å²) in [6.45, 7) is 3.29. The molecule has 0 aromatic heterocycles. The van der Waals surface area contributed by atoms with Crippen LogP contribution in [0.3, 0.4) is 0 Å². The lowest BCUT2D eigenvalue weighted by atomic mass is 10.00. The second-order valence-electron chi connectivity index (χ2n) is 3.85. The molecule has 6 nitrogen and oxygen atoms in total. The van der Waals surface area contributed by atoms with Crippen LogP contribution in [-0.2, 0) is 14.3 Å². The van der Waals surface area contributed by atoms with E-state index in [1.165, 1.54) is 13.2 Å². The maximum absolute atomic E-state index is 13.6. The van der Waals surface area contributed by atoms with Crippen molar-refractivity contribution in [3.05, 3.63) is 12.7 Å². The van der Waals surface area contributed by atoms with E-state index in [-0.39, 0.29) is 19.4 Å². The number of nitrogens with zero attached hydrogens (tertiary/aromatic N) is 1. The molecule has 0 saturated carbocycles. The molecule has 0 bridgehead atoms. The van der Waals surface area contributed by atoms with Gasteiger partial charge in [0.1, 0.15) is 18.8 Å². The van der Waals surface area contributed by atoms with E-state index in [9.17, 15) is 14.0 Å². The summed E-state index contributed by atoms with van der Waals surface area (Å²) in [6, 6.07) is -1.14. The number of alkyl halides is 1. The summed E-state index contributed by atoms with van der Waals surface area (Å²) >= 11 is 0. The smallest absolute Gasteiger partial charge is 0.413 e. The molecule has 18 heavy (non-hydrogen) atoms. The minimum Gasteiger partial charge on any atom is -0.480 e. The minimum absolute atomic E-state index is 0.0273. The summed E-state index contributed by atoms with van der Waals surface area (Å²) in [5, 5.41) is 9.03. The maximum atomic E-state index is 13.6. The molecule has 1 amide bonds. The van der Waals surface area contributed by atoms with Gasteiger partial charge in [-0.2, -0.15) is 0 Å². The molecule has 1 aliphatic heterocycles. The van der Waals surface area contributed by atoms with Gasteiger partial charge in [-0.3, -0.25) is 4.90 Å². The molecule has 3 unspecified atom stereocenters. The van der Waals surface area contributed by atoms with Crippen molar-refractivity contribution in [2.45, 2.75) is 31.3 Å². The van der Waals surface area contributed by atoms with Crippen molar-refractivity contribution in [1.29, 1.82) is 0 Å². The van der Waals surface area contributed by atoms with Crippen LogP contribution in [0.2, 0.25) is 0 Å². The van der Waals surface area contributed by atoms with E-state index in [1.807, 2.05) is 0 Å². The van der Waals surface area contributed by atoms with Gasteiger partial charge in [0, 0.05) is 7.11 Å². The van der Waals surface area contributed by atoms with Crippen LogP contribution in [0, 0.1) is 0 Å². The zero-order chi connectivity index (χ0) is 13.7. The van der Waals surface area contributed by atoms with Crippen molar-refractivity contribution in [3.63, 3.8) is 0 Å². The van der Waals surface area contributed by atoms with Crippen LogP contribution in [0.1, 0.15) is 12.8 Å². The fraction of sp³-hybridized carbons (Fsp3) is 0.636. The Morgan fingerprint density at radius 2 is 2.22 bits per heavy atom. The number of methoxy groups -OCH3 is 1. The Morgan fingerprint density at radius 1 is 1.56 bits per heavy atom. The standard InChI is InChI=1S/C11H16FNO5/c1-3-6-18-11(16)13-8(10(14)15)5-4-7(12)9(13)17-2/h3,7-9H,1,4-6H2,2H3,(H,14,15). The predicted molar refractivity (Wildman–Crippen MR) is 59.7 cm³/mol. The second kappa shape index (κ2) is 6.34. The molecule has 0 spiro atoms. The van der Waals surface area contributed by atoms with Gasteiger partial charge in [-0.25, -0.2) is 14.0 Å². The largest absolute Gasteiger partial charge is 0.480 e. The van der Waals surface area contributed by atoms with E-state index in [0.29, 0.717) is 0 Å². The lowest BCUT2D eigenvalue weighted by Gasteiger charge is -2.39. The number of halogens is 1. The Bertz CT molecular complexity index is 335. The van der Waals surface area contributed by atoms with Crippen molar-refractivity contribution in [1.82, 2.24) is 4.90 Å². The van der Waals surface area contributed by atoms with Gasteiger partial charge in [0.2, 0.25) is 0 Å². The second-order valence-corrected chi connectivity index (χ2v) is 3.85. The molecule has 1 rings (SSSR count). The average molecular weight is 261 g/mol.